The van der Waals surface area contributed by atoms with E-state index in [2.05, 4.69) is 15.2 Å². The van der Waals surface area contributed by atoms with Crippen LogP contribution in [-0.2, 0) is 17.0 Å². The molecule has 21 heavy (non-hydrogen) atoms. The summed E-state index contributed by atoms with van der Waals surface area (Å²) in [5.41, 5.74) is 2.01. The van der Waals surface area contributed by atoms with Gasteiger partial charge in [0.05, 0.1) is 0 Å². The number of carboxylic acid groups (broad SMARTS) is 1. The normalized spacial score (nSPS) is 10.5. The average Bonchev–Trinajstić information content (AvgIpc) is 2.45. The van der Waals surface area contributed by atoms with E-state index in [0.717, 1.165) is 5.56 Å². The molecule has 0 aliphatic carbocycles. The van der Waals surface area contributed by atoms with Gasteiger partial charge in [-0.1, -0.05) is 41.6 Å². The minimum absolute atomic E-state index is 0.0214. The number of carboxylic acids is 1. The number of rotatable bonds is 6. The van der Waals surface area contributed by atoms with Gasteiger partial charge in [0, 0.05) is 18.1 Å². The van der Waals surface area contributed by atoms with Crippen molar-refractivity contribution >= 4 is 17.7 Å². The lowest BCUT2D eigenvalue weighted by atomic mass is 10.2. The molecule has 2 rings (SSSR count). The van der Waals surface area contributed by atoms with Crippen molar-refractivity contribution in [2.45, 2.75) is 30.7 Å². The summed E-state index contributed by atoms with van der Waals surface area (Å²) in [5.74, 6) is -0.544. The molecule has 0 radical (unpaired) electrons. The Morgan fingerprint density at radius 1 is 1.29 bits per heavy atom. The van der Waals surface area contributed by atoms with Crippen LogP contribution in [0.25, 0.3) is 0 Å². The number of aliphatic carboxylic acids is 1. The van der Waals surface area contributed by atoms with Gasteiger partial charge >= 0.3 is 0 Å². The largest absolute Gasteiger partial charge is 0.550 e. The molecule has 0 aliphatic heterocycles. The van der Waals surface area contributed by atoms with E-state index in [4.69, 9.17) is 0 Å². The summed E-state index contributed by atoms with van der Waals surface area (Å²) >= 11 is 1.37. The van der Waals surface area contributed by atoms with Gasteiger partial charge in [0.2, 0.25) is 0 Å². The number of aromatic amines is 1. The molecule has 0 bridgehead atoms. The summed E-state index contributed by atoms with van der Waals surface area (Å²) < 4.78 is 0. The van der Waals surface area contributed by atoms with Crippen LogP contribution in [-0.4, -0.2) is 21.2 Å². The fourth-order valence-electron chi connectivity index (χ4n) is 1.63. The predicted octanol–water partition coefficient (Wildman–Crippen LogP) is 0.448. The molecule has 0 saturated carbocycles. The van der Waals surface area contributed by atoms with Crippen LogP contribution < -0.4 is 10.7 Å². The first-order valence-electron chi connectivity index (χ1n) is 6.38. The molecular formula is C14H14N3O3S-. The van der Waals surface area contributed by atoms with Crippen molar-refractivity contribution in [2.24, 2.45) is 0 Å². The van der Waals surface area contributed by atoms with Crippen LogP contribution in [0, 0.1) is 6.92 Å². The molecule has 0 unspecified atom stereocenters. The number of carbonyl (C=O) groups excluding carboxylic acids is 1. The molecule has 2 aromatic rings. The third-order valence-electron chi connectivity index (χ3n) is 2.81. The van der Waals surface area contributed by atoms with Crippen LogP contribution in [0.2, 0.25) is 0 Å². The zero-order valence-corrected chi connectivity index (χ0v) is 12.3. The lowest BCUT2D eigenvalue weighted by Gasteiger charge is -2.03. The lowest BCUT2D eigenvalue weighted by Crippen LogP contribution is -2.25. The van der Waals surface area contributed by atoms with E-state index < -0.39 is 11.5 Å². The van der Waals surface area contributed by atoms with E-state index in [1.807, 2.05) is 31.2 Å². The first-order valence-corrected chi connectivity index (χ1v) is 7.37. The summed E-state index contributed by atoms with van der Waals surface area (Å²) in [6.07, 6.45) is -0.221. The van der Waals surface area contributed by atoms with E-state index in [-0.39, 0.29) is 18.5 Å². The Hall–Kier alpha value is -2.15. The zero-order chi connectivity index (χ0) is 15.2. The van der Waals surface area contributed by atoms with E-state index in [1.54, 1.807) is 0 Å². The lowest BCUT2D eigenvalue weighted by molar-refractivity contribution is -0.305. The number of hydrogen-bond acceptors (Lipinski definition) is 6. The molecule has 1 aromatic carbocycles. The number of hydrogen-bond donors (Lipinski definition) is 1. The molecule has 1 aromatic heterocycles. The van der Waals surface area contributed by atoms with Gasteiger partial charge < -0.3 is 9.90 Å². The van der Waals surface area contributed by atoms with Gasteiger partial charge in [0.25, 0.3) is 5.56 Å². The molecule has 0 fully saturated rings. The summed E-state index contributed by atoms with van der Waals surface area (Å²) in [6.45, 7) is 2.02. The van der Waals surface area contributed by atoms with Crippen molar-refractivity contribution in [3.8, 4) is 0 Å². The van der Waals surface area contributed by atoms with Crippen molar-refractivity contribution in [3.63, 3.8) is 0 Å². The van der Waals surface area contributed by atoms with Crippen LogP contribution in [0.3, 0.4) is 0 Å². The topological polar surface area (TPSA) is 98.8 Å². The fraction of sp³-hybridized carbons (Fsp3) is 0.286. The third kappa shape index (κ3) is 4.71. The molecule has 0 spiro atoms. The number of nitrogens with one attached hydrogen (secondary N) is 1. The van der Waals surface area contributed by atoms with Gasteiger partial charge in [0.1, 0.15) is 5.69 Å². The number of aromatic nitrogens is 3. The van der Waals surface area contributed by atoms with E-state index in [0.29, 0.717) is 10.9 Å². The Morgan fingerprint density at radius 3 is 2.62 bits per heavy atom. The monoisotopic (exact) mass is 304 g/mol. The number of H-pyrrole nitrogens is 1. The molecular weight excluding hydrogens is 290 g/mol. The van der Waals surface area contributed by atoms with E-state index >= 15 is 0 Å². The van der Waals surface area contributed by atoms with Gasteiger partial charge in [-0.05, 0) is 18.9 Å². The van der Waals surface area contributed by atoms with Crippen LogP contribution in [0.4, 0.5) is 0 Å². The molecule has 110 valence electrons. The summed E-state index contributed by atoms with van der Waals surface area (Å²) in [7, 11) is 0. The quantitative estimate of drug-likeness (QED) is 0.778. The second-order valence-corrected chi connectivity index (χ2v) is 5.52. The Bertz CT molecular complexity index is 683. The fourth-order valence-corrected chi connectivity index (χ4v) is 2.39. The number of nitrogens with zero attached hydrogens (tertiary/aromatic N) is 2. The molecule has 7 heteroatoms. The summed E-state index contributed by atoms with van der Waals surface area (Å²) in [5, 5.41) is 18.4. The highest BCUT2D eigenvalue weighted by molar-refractivity contribution is 7.98. The molecule has 0 aliphatic rings. The molecule has 1 heterocycles. The van der Waals surface area contributed by atoms with E-state index in [9.17, 15) is 14.7 Å². The van der Waals surface area contributed by atoms with Crippen LogP contribution in [0.1, 0.15) is 23.2 Å². The third-order valence-corrected chi connectivity index (χ3v) is 3.74. The maximum absolute atomic E-state index is 11.7. The number of aryl methyl sites for hydroxylation is 2. The predicted molar refractivity (Wildman–Crippen MR) is 76.7 cm³/mol. The average molecular weight is 304 g/mol. The minimum Gasteiger partial charge on any atom is -0.550 e. The number of carbonyl (C=O) groups is 1. The Morgan fingerprint density at radius 2 is 2.00 bits per heavy atom. The highest BCUT2D eigenvalue weighted by Gasteiger charge is 2.06. The SMILES string of the molecule is Cc1ccc(CSc2nnc(CCC(=O)[O-])c(=O)[nH]2)cc1. The van der Waals surface area contributed by atoms with Gasteiger partial charge in [-0.2, -0.15) is 0 Å². The van der Waals surface area contributed by atoms with Gasteiger partial charge in [-0.15, -0.1) is 10.2 Å². The smallest absolute Gasteiger partial charge is 0.273 e. The highest BCUT2D eigenvalue weighted by atomic mass is 32.2. The molecule has 1 N–H and O–H groups in total. The maximum atomic E-state index is 11.7. The van der Waals surface area contributed by atoms with E-state index in [1.165, 1.54) is 17.3 Å². The second-order valence-electron chi connectivity index (χ2n) is 4.55. The van der Waals surface area contributed by atoms with Crippen molar-refractivity contribution in [3.05, 3.63) is 51.4 Å². The van der Waals surface area contributed by atoms with Gasteiger partial charge in [-0.3, -0.25) is 9.78 Å². The Labute approximate surface area is 125 Å². The van der Waals surface area contributed by atoms with Gasteiger partial charge in [-0.25, -0.2) is 0 Å². The van der Waals surface area contributed by atoms with Crippen molar-refractivity contribution < 1.29 is 9.90 Å². The van der Waals surface area contributed by atoms with Crippen LogP contribution >= 0.6 is 11.8 Å². The van der Waals surface area contributed by atoms with Crippen molar-refractivity contribution in [1.82, 2.24) is 15.2 Å². The maximum Gasteiger partial charge on any atom is 0.273 e. The van der Waals surface area contributed by atoms with Crippen LogP contribution in [0.5, 0.6) is 0 Å². The Balaban J connectivity index is 1.98. The molecule has 6 nitrogen and oxygen atoms in total. The summed E-state index contributed by atoms with van der Waals surface area (Å²) in [6, 6.07) is 8.07. The van der Waals surface area contributed by atoms with Gasteiger partial charge in [0.15, 0.2) is 5.16 Å². The second kappa shape index (κ2) is 7.03. The first-order chi connectivity index (χ1) is 10.0. The minimum atomic E-state index is -1.21. The summed E-state index contributed by atoms with van der Waals surface area (Å²) in [4.78, 5) is 24.7. The zero-order valence-electron chi connectivity index (χ0n) is 11.5. The van der Waals surface area contributed by atoms with Crippen molar-refractivity contribution in [2.75, 3.05) is 0 Å². The number of benzene rings is 1. The first kappa shape index (κ1) is 15.2. The Kier molecular flexibility index (Phi) is 5.10. The molecule has 0 atom stereocenters. The van der Waals surface area contributed by atoms with Crippen LogP contribution in [0.15, 0.2) is 34.2 Å². The molecule has 0 amide bonds. The highest BCUT2D eigenvalue weighted by Crippen LogP contribution is 2.17. The number of thioether (sulfide) groups is 1. The standard InChI is InChI=1S/C14H15N3O3S/c1-9-2-4-10(5-3-9)8-21-14-15-13(20)11(16-17-14)6-7-12(18)19/h2-5H,6-8H2,1H3,(H,18,19)(H,15,17,20)/p-1. The van der Waals surface area contributed by atoms with Crippen molar-refractivity contribution in [1.29, 1.82) is 0 Å². The molecule has 0 saturated heterocycles.